The van der Waals surface area contributed by atoms with Crippen molar-refractivity contribution in [2.45, 2.75) is 32.9 Å². The Kier molecular flexibility index (Phi) is 5.50. The van der Waals surface area contributed by atoms with E-state index >= 15 is 0 Å². The van der Waals surface area contributed by atoms with E-state index in [0.717, 1.165) is 11.3 Å². The number of hydrogen-bond donors (Lipinski definition) is 2. The zero-order valence-corrected chi connectivity index (χ0v) is 17.7. The van der Waals surface area contributed by atoms with E-state index in [1.54, 1.807) is 4.90 Å². The van der Waals surface area contributed by atoms with Gasteiger partial charge in [0.05, 0.1) is 25.0 Å². The lowest BCUT2D eigenvalue weighted by Gasteiger charge is -2.30. The van der Waals surface area contributed by atoms with Crippen molar-refractivity contribution < 1.29 is 14.3 Å². The molecule has 31 heavy (non-hydrogen) atoms. The summed E-state index contributed by atoms with van der Waals surface area (Å²) in [6.07, 6.45) is 0.391. The van der Waals surface area contributed by atoms with Crippen molar-refractivity contribution in [3.63, 3.8) is 0 Å². The minimum atomic E-state index is -0.738. The first-order valence-electron chi connectivity index (χ1n) is 10.2. The second kappa shape index (κ2) is 8.25. The van der Waals surface area contributed by atoms with E-state index in [4.69, 9.17) is 4.74 Å². The molecule has 2 aromatic heterocycles. The monoisotopic (exact) mass is 423 g/mol. The number of ether oxygens (including phenoxy) is 1. The summed E-state index contributed by atoms with van der Waals surface area (Å²) in [5, 5.41) is 5.86. The third-order valence-corrected chi connectivity index (χ3v) is 5.54. The Balaban J connectivity index is 1.60. The summed E-state index contributed by atoms with van der Waals surface area (Å²) in [4.78, 5) is 43.9. The molecule has 0 radical (unpaired) electrons. The smallest absolute Gasteiger partial charge is 0.328 e. The third kappa shape index (κ3) is 3.90. The van der Waals surface area contributed by atoms with Gasteiger partial charge in [-0.15, -0.1) is 0 Å². The Bertz CT molecular complexity index is 1180. The molecular formula is C22H25N5O4. The van der Waals surface area contributed by atoms with Gasteiger partial charge in [0.15, 0.2) is 5.65 Å². The van der Waals surface area contributed by atoms with Crippen LogP contribution in [0.5, 0.6) is 0 Å². The molecule has 3 aromatic rings. The molecule has 0 saturated carbocycles. The molecule has 1 atom stereocenters. The Labute approximate surface area is 179 Å². The van der Waals surface area contributed by atoms with Crippen LogP contribution in [0.2, 0.25) is 0 Å². The molecular weight excluding hydrogens is 398 g/mol. The van der Waals surface area contributed by atoms with Crippen molar-refractivity contribution in [3.8, 4) is 11.3 Å². The molecule has 0 spiro atoms. The maximum Gasteiger partial charge on any atom is 0.328 e. The first-order valence-corrected chi connectivity index (χ1v) is 10.2. The number of amides is 2. The van der Waals surface area contributed by atoms with Crippen LogP contribution >= 0.6 is 0 Å². The van der Waals surface area contributed by atoms with Gasteiger partial charge in [-0.25, -0.2) is 19.1 Å². The maximum atomic E-state index is 13.0. The molecule has 2 N–H and O–H groups in total. The fraction of sp³-hybridized carbons (Fsp3) is 0.364. The Morgan fingerprint density at radius 3 is 2.65 bits per heavy atom. The molecule has 2 amide bonds. The minimum absolute atomic E-state index is 0.118. The highest BCUT2D eigenvalue weighted by Gasteiger charge is 2.30. The van der Waals surface area contributed by atoms with Gasteiger partial charge in [-0.2, -0.15) is 0 Å². The zero-order chi connectivity index (χ0) is 22.1. The fourth-order valence-electron chi connectivity index (χ4n) is 3.78. The van der Waals surface area contributed by atoms with Crippen molar-refractivity contribution in [3.05, 3.63) is 58.0 Å². The number of rotatable bonds is 4. The average Bonchev–Trinajstić information content (AvgIpc) is 3.21. The molecule has 0 bridgehead atoms. The van der Waals surface area contributed by atoms with Crippen LogP contribution < -0.4 is 10.9 Å². The number of urea groups is 1. The molecule has 9 heteroatoms. The number of nitrogens with one attached hydrogen (secondary N) is 2. The molecule has 9 nitrogen and oxygen atoms in total. The average molecular weight is 423 g/mol. The Morgan fingerprint density at radius 2 is 1.97 bits per heavy atom. The summed E-state index contributed by atoms with van der Waals surface area (Å²) < 4.78 is 6.24. The van der Waals surface area contributed by atoms with Gasteiger partial charge in [0.2, 0.25) is 0 Å². The number of esters is 1. The molecule has 0 fully saturated rings. The minimum Gasteiger partial charge on any atom is -0.467 e. The summed E-state index contributed by atoms with van der Waals surface area (Å²) in [6, 6.07) is 10.4. The summed E-state index contributed by atoms with van der Waals surface area (Å²) in [6.45, 7) is 4.23. The normalized spacial score (nSPS) is 14.4. The highest BCUT2D eigenvalue weighted by Crippen LogP contribution is 2.20. The molecule has 1 aliphatic rings. The number of aromatic amines is 1. The summed E-state index contributed by atoms with van der Waals surface area (Å²) in [5.74, 6) is -0.605. The molecule has 1 aliphatic heterocycles. The predicted molar refractivity (Wildman–Crippen MR) is 115 cm³/mol. The van der Waals surface area contributed by atoms with Gasteiger partial charge < -0.3 is 15.0 Å². The molecule has 1 aromatic carbocycles. The van der Waals surface area contributed by atoms with Crippen LogP contribution in [-0.4, -0.2) is 51.2 Å². The Hall–Kier alpha value is -3.62. The fourth-order valence-corrected chi connectivity index (χ4v) is 3.78. The van der Waals surface area contributed by atoms with Gasteiger partial charge in [-0.1, -0.05) is 44.2 Å². The van der Waals surface area contributed by atoms with Crippen LogP contribution in [0.3, 0.4) is 0 Å². The van der Waals surface area contributed by atoms with Gasteiger partial charge in [0.25, 0.3) is 5.56 Å². The third-order valence-electron chi connectivity index (χ3n) is 5.54. The van der Waals surface area contributed by atoms with Gasteiger partial charge >= 0.3 is 12.0 Å². The number of H-pyrrole nitrogens is 1. The molecule has 3 heterocycles. The topological polar surface area (TPSA) is 109 Å². The summed E-state index contributed by atoms with van der Waals surface area (Å²) in [7, 11) is 1.30. The summed E-state index contributed by atoms with van der Waals surface area (Å²) in [5.41, 5.74) is 3.26. The van der Waals surface area contributed by atoms with Crippen LogP contribution in [-0.2, 0) is 22.5 Å². The van der Waals surface area contributed by atoms with E-state index in [9.17, 15) is 14.4 Å². The van der Waals surface area contributed by atoms with Crippen LogP contribution in [0.25, 0.3) is 16.9 Å². The van der Waals surface area contributed by atoms with E-state index in [-0.39, 0.29) is 24.1 Å². The van der Waals surface area contributed by atoms with Gasteiger partial charge in [0.1, 0.15) is 6.04 Å². The van der Waals surface area contributed by atoms with Crippen LogP contribution in [0.1, 0.15) is 25.1 Å². The van der Waals surface area contributed by atoms with Crippen LogP contribution in [0.4, 0.5) is 4.79 Å². The zero-order valence-electron chi connectivity index (χ0n) is 17.7. The van der Waals surface area contributed by atoms with Crippen molar-refractivity contribution in [1.29, 1.82) is 0 Å². The predicted octanol–water partition coefficient (Wildman–Crippen LogP) is 1.95. The van der Waals surface area contributed by atoms with E-state index in [2.05, 4.69) is 15.4 Å². The SMILES string of the molecule is COC(=O)C(NC(=O)N1CCc2c(nc3cc(-c4ccccc4)[nH]n3c2=O)C1)C(C)C. The number of aromatic nitrogens is 3. The first-order chi connectivity index (χ1) is 14.9. The van der Waals surface area contributed by atoms with Crippen molar-refractivity contribution >= 4 is 17.6 Å². The number of fused-ring (bicyclic) bond motifs is 2. The highest BCUT2D eigenvalue weighted by atomic mass is 16.5. The number of benzene rings is 1. The lowest BCUT2D eigenvalue weighted by molar-refractivity contribution is -0.144. The standard InChI is InChI=1S/C22H25N5O4/c1-13(2)19(21(29)31-3)24-22(30)26-10-9-15-17(12-26)23-18-11-16(25-27(18)20(15)28)14-7-5-4-6-8-14/h4-8,11,13,19,25H,9-10,12H2,1-3H3,(H,24,30). The molecule has 0 aliphatic carbocycles. The second-order valence-corrected chi connectivity index (χ2v) is 7.94. The lowest BCUT2D eigenvalue weighted by Crippen LogP contribution is -2.52. The maximum absolute atomic E-state index is 13.0. The quantitative estimate of drug-likeness (QED) is 0.624. The highest BCUT2D eigenvalue weighted by molar-refractivity contribution is 5.84. The molecule has 4 rings (SSSR count). The molecule has 162 valence electrons. The van der Waals surface area contributed by atoms with Crippen LogP contribution in [0, 0.1) is 5.92 Å². The largest absolute Gasteiger partial charge is 0.467 e. The number of hydrogen-bond acceptors (Lipinski definition) is 5. The Morgan fingerprint density at radius 1 is 1.23 bits per heavy atom. The van der Waals surface area contributed by atoms with Gasteiger partial charge in [-0.05, 0) is 17.9 Å². The second-order valence-electron chi connectivity index (χ2n) is 7.94. The number of methoxy groups -OCH3 is 1. The van der Waals surface area contributed by atoms with Gasteiger partial charge in [0, 0.05) is 18.2 Å². The van der Waals surface area contributed by atoms with Crippen molar-refractivity contribution in [1.82, 2.24) is 24.8 Å². The first kappa shape index (κ1) is 20.6. The number of carbonyl (C=O) groups is 2. The van der Waals surface area contributed by atoms with E-state index in [0.29, 0.717) is 29.9 Å². The summed E-state index contributed by atoms with van der Waals surface area (Å²) >= 11 is 0. The van der Waals surface area contributed by atoms with Crippen molar-refractivity contribution in [2.24, 2.45) is 5.92 Å². The number of carbonyl (C=O) groups excluding carboxylic acids is 2. The van der Waals surface area contributed by atoms with E-state index in [1.807, 2.05) is 50.2 Å². The lowest BCUT2D eigenvalue weighted by atomic mass is 10.0. The van der Waals surface area contributed by atoms with Gasteiger partial charge in [-0.3, -0.25) is 9.89 Å². The van der Waals surface area contributed by atoms with Crippen molar-refractivity contribution in [2.75, 3.05) is 13.7 Å². The molecule has 1 unspecified atom stereocenters. The molecule has 0 saturated heterocycles. The van der Waals surface area contributed by atoms with E-state index < -0.39 is 12.0 Å². The number of nitrogens with zero attached hydrogens (tertiary/aromatic N) is 3. The van der Waals surface area contributed by atoms with E-state index in [1.165, 1.54) is 11.6 Å². The van der Waals surface area contributed by atoms with Crippen LogP contribution in [0.15, 0.2) is 41.2 Å².